The molecule has 2 aromatic heterocycles. The van der Waals surface area contributed by atoms with E-state index in [-0.39, 0.29) is 5.02 Å². The molecule has 3 rings (SSSR count). The first-order valence-corrected chi connectivity index (χ1v) is 6.53. The molecule has 0 bridgehead atoms. The SMILES string of the molecule is NNc1cn2ccnc2c(NCc2ccc(F)c(Cl)c2)n1. The Morgan fingerprint density at radius 3 is 3.00 bits per heavy atom. The molecule has 6 nitrogen and oxygen atoms in total. The molecule has 0 atom stereocenters. The first-order chi connectivity index (χ1) is 10.2. The maximum absolute atomic E-state index is 13.1. The monoisotopic (exact) mass is 306 g/mol. The van der Waals surface area contributed by atoms with E-state index in [9.17, 15) is 4.39 Å². The summed E-state index contributed by atoms with van der Waals surface area (Å²) < 4.78 is 14.9. The molecule has 21 heavy (non-hydrogen) atoms. The van der Waals surface area contributed by atoms with Gasteiger partial charge < -0.3 is 15.1 Å². The molecule has 0 spiro atoms. The number of imidazole rings is 1. The van der Waals surface area contributed by atoms with Crippen LogP contribution in [0.3, 0.4) is 0 Å². The van der Waals surface area contributed by atoms with E-state index in [1.54, 1.807) is 35.1 Å². The standard InChI is InChI=1S/C13H12ClFN6/c14-9-5-8(1-2-10(9)15)6-18-12-13-17-3-4-21(13)7-11(19-12)20-16/h1-5,7,20H,6,16H2,(H,18,19). The summed E-state index contributed by atoms with van der Waals surface area (Å²) in [6.07, 6.45) is 5.18. The summed E-state index contributed by atoms with van der Waals surface area (Å²) in [5.41, 5.74) is 3.99. The number of nitrogens with two attached hydrogens (primary N) is 1. The maximum atomic E-state index is 13.1. The quantitative estimate of drug-likeness (QED) is 0.509. The van der Waals surface area contributed by atoms with Gasteiger partial charge in [0.2, 0.25) is 0 Å². The highest BCUT2D eigenvalue weighted by Gasteiger charge is 2.07. The lowest BCUT2D eigenvalue weighted by atomic mass is 10.2. The van der Waals surface area contributed by atoms with Crippen LogP contribution in [0.4, 0.5) is 16.0 Å². The van der Waals surface area contributed by atoms with Crippen LogP contribution in [0.5, 0.6) is 0 Å². The number of hydrazine groups is 1. The van der Waals surface area contributed by atoms with Crippen molar-refractivity contribution in [1.29, 1.82) is 0 Å². The largest absolute Gasteiger partial charge is 0.363 e. The first kappa shape index (κ1) is 13.6. The fourth-order valence-corrected chi connectivity index (χ4v) is 2.16. The second-order valence-corrected chi connectivity index (χ2v) is 4.79. The van der Waals surface area contributed by atoms with E-state index in [1.165, 1.54) is 6.07 Å². The number of benzene rings is 1. The Morgan fingerprint density at radius 1 is 1.38 bits per heavy atom. The molecule has 2 heterocycles. The third-order valence-corrected chi connectivity index (χ3v) is 3.26. The molecule has 0 saturated heterocycles. The van der Waals surface area contributed by atoms with Gasteiger partial charge in [-0.05, 0) is 17.7 Å². The Bertz CT molecular complexity index is 787. The fraction of sp³-hybridized carbons (Fsp3) is 0.0769. The van der Waals surface area contributed by atoms with Gasteiger partial charge >= 0.3 is 0 Å². The van der Waals surface area contributed by atoms with Gasteiger partial charge in [0.1, 0.15) is 5.82 Å². The van der Waals surface area contributed by atoms with Gasteiger partial charge in [-0.15, -0.1) is 0 Å². The second kappa shape index (κ2) is 5.55. The zero-order valence-corrected chi connectivity index (χ0v) is 11.6. The molecular weight excluding hydrogens is 295 g/mol. The van der Waals surface area contributed by atoms with Crippen LogP contribution in [-0.2, 0) is 6.54 Å². The van der Waals surface area contributed by atoms with Gasteiger partial charge in [-0.1, -0.05) is 17.7 Å². The number of nitrogen functional groups attached to an aromatic ring is 1. The Balaban J connectivity index is 1.87. The van der Waals surface area contributed by atoms with Gasteiger partial charge in [-0.3, -0.25) is 0 Å². The first-order valence-electron chi connectivity index (χ1n) is 6.15. The number of hydrogen-bond acceptors (Lipinski definition) is 5. The number of rotatable bonds is 4. The Hall–Kier alpha value is -2.38. The molecule has 0 amide bonds. The molecule has 0 aliphatic heterocycles. The van der Waals surface area contributed by atoms with Crippen LogP contribution in [0.25, 0.3) is 5.65 Å². The number of nitrogens with zero attached hydrogens (tertiary/aromatic N) is 3. The van der Waals surface area contributed by atoms with Crippen LogP contribution in [0.1, 0.15) is 5.56 Å². The van der Waals surface area contributed by atoms with Crippen molar-refractivity contribution in [2.24, 2.45) is 5.84 Å². The molecule has 0 aliphatic rings. The smallest absolute Gasteiger partial charge is 0.180 e. The third-order valence-electron chi connectivity index (χ3n) is 2.97. The van der Waals surface area contributed by atoms with Crippen LogP contribution in [-0.4, -0.2) is 14.4 Å². The number of anilines is 2. The average Bonchev–Trinajstić information content (AvgIpc) is 2.96. The van der Waals surface area contributed by atoms with E-state index in [0.29, 0.717) is 23.8 Å². The lowest BCUT2D eigenvalue weighted by Gasteiger charge is -2.09. The van der Waals surface area contributed by atoms with Gasteiger partial charge in [0.05, 0.1) is 11.2 Å². The fourth-order valence-electron chi connectivity index (χ4n) is 1.96. The molecule has 0 unspecified atom stereocenters. The van der Waals surface area contributed by atoms with Crippen molar-refractivity contribution in [3.05, 3.63) is 53.2 Å². The summed E-state index contributed by atoms with van der Waals surface area (Å²) in [7, 11) is 0. The highest BCUT2D eigenvalue weighted by molar-refractivity contribution is 6.30. The number of hydrogen-bond donors (Lipinski definition) is 3. The van der Waals surface area contributed by atoms with E-state index in [2.05, 4.69) is 20.7 Å². The lowest BCUT2D eigenvalue weighted by Crippen LogP contribution is -2.12. The molecule has 0 saturated carbocycles. The predicted octanol–water partition coefficient (Wildman–Crippen LogP) is 2.42. The minimum Gasteiger partial charge on any atom is -0.363 e. The molecule has 8 heteroatoms. The van der Waals surface area contributed by atoms with Gasteiger partial charge in [-0.2, -0.15) is 0 Å². The summed E-state index contributed by atoms with van der Waals surface area (Å²) in [5.74, 6) is 6.01. The molecule has 4 N–H and O–H groups in total. The van der Waals surface area contributed by atoms with Gasteiger partial charge in [0.25, 0.3) is 0 Å². The molecule has 108 valence electrons. The average molecular weight is 307 g/mol. The normalized spacial score (nSPS) is 10.8. The summed E-state index contributed by atoms with van der Waals surface area (Å²) >= 11 is 5.76. The number of halogens is 2. The highest BCUT2D eigenvalue weighted by atomic mass is 35.5. The summed E-state index contributed by atoms with van der Waals surface area (Å²) in [4.78, 5) is 8.53. The molecule has 0 fully saturated rings. The zero-order valence-electron chi connectivity index (χ0n) is 10.8. The van der Waals surface area contributed by atoms with Crippen LogP contribution < -0.4 is 16.6 Å². The topological polar surface area (TPSA) is 80.3 Å². The van der Waals surface area contributed by atoms with E-state index < -0.39 is 5.82 Å². The second-order valence-electron chi connectivity index (χ2n) is 4.38. The van der Waals surface area contributed by atoms with Crippen molar-refractivity contribution in [3.8, 4) is 0 Å². The molecule has 0 aliphatic carbocycles. The Morgan fingerprint density at radius 2 is 2.24 bits per heavy atom. The van der Waals surface area contributed by atoms with Gasteiger partial charge in [0.15, 0.2) is 17.3 Å². The van der Waals surface area contributed by atoms with Gasteiger partial charge in [0, 0.05) is 18.9 Å². The van der Waals surface area contributed by atoms with Crippen LogP contribution >= 0.6 is 11.6 Å². The third kappa shape index (κ3) is 2.74. The van der Waals surface area contributed by atoms with Crippen molar-refractivity contribution in [1.82, 2.24) is 14.4 Å². The van der Waals surface area contributed by atoms with Crippen molar-refractivity contribution in [3.63, 3.8) is 0 Å². The number of fused-ring (bicyclic) bond motifs is 1. The lowest BCUT2D eigenvalue weighted by molar-refractivity contribution is 0.627. The van der Waals surface area contributed by atoms with E-state index in [0.717, 1.165) is 5.56 Å². The summed E-state index contributed by atoms with van der Waals surface area (Å²) in [5, 5.41) is 3.23. The molecule has 3 aromatic rings. The van der Waals surface area contributed by atoms with Crippen molar-refractivity contribution in [2.75, 3.05) is 10.7 Å². The number of aromatic nitrogens is 3. The molecular formula is C13H12ClFN6. The zero-order chi connectivity index (χ0) is 14.8. The number of nitrogens with one attached hydrogen (secondary N) is 2. The minimum atomic E-state index is -0.441. The maximum Gasteiger partial charge on any atom is 0.180 e. The summed E-state index contributed by atoms with van der Waals surface area (Å²) in [6, 6.07) is 4.55. The van der Waals surface area contributed by atoms with Crippen molar-refractivity contribution >= 4 is 28.9 Å². The summed E-state index contributed by atoms with van der Waals surface area (Å²) in [6.45, 7) is 0.434. The van der Waals surface area contributed by atoms with Crippen molar-refractivity contribution in [2.45, 2.75) is 6.54 Å². The van der Waals surface area contributed by atoms with E-state index in [4.69, 9.17) is 17.4 Å². The molecule has 1 aromatic carbocycles. The molecule has 0 radical (unpaired) electrons. The Kier molecular flexibility index (Phi) is 3.59. The minimum absolute atomic E-state index is 0.0885. The van der Waals surface area contributed by atoms with Crippen LogP contribution in [0.15, 0.2) is 36.8 Å². The van der Waals surface area contributed by atoms with Crippen LogP contribution in [0.2, 0.25) is 5.02 Å². The van der Waals surface area contributed by atoms with Gasteiger partial charge in [-0.25, -0.2) is 20.2 Å². The highest BCUT2D eigenvalue weighted by Crippen LogP contribution is 2.19. The van der Waals surface area contributed by atoms with Crippen LogP contribution in [0, 0.1) is 5.82 Å². The van der Waals surface area contributed by atoms with Crippen molar-refractivity contribution < 1.29 is 4.39 Å². The predicted molar refractivity (Wildman–Crippen MR) is 79.5 cm³/mol. The Labute approximate surface area is 124 Å². The van der Waals surface area contributed by atoms with E-state index in [1.807, 2.05) is 0 Å². The van der Waals surface area contributed by atoms with E-state index >= 15 is 0 Å².